The Morgan fingerprint density at radius 3 is 2.32 bits per heavy atom. The molecule has 1 heterocycles. The summed E-state index contributed by atoms with van der Waals surface area (Å²) in [5, 5.41) is 13.0. The van der Waals surface area contributed by atoms with Crippen molar-refractivity contribution in [1.82, 2.24) is 0 Å². The van der Waals surface area contributed by atoms with Crippen molar-refractivity contribution in [2.24, 2.45) is 5.16 Å². The monoisotopic (exact) mass is 565 g/mol. The molecule has 1 N–H and O–H groups in total. The molecule has 12 heteroatoms. The first kappa shape index (κ1) is 26.5. The normalized spacial score (nSPS) is 17.8. The van der Waals surface area contributed by atoms with E-state index in [4.69, 9.17) is 28.0 Å². The minimum absolute atomic E-state index is 0.00176. The summed E-state index contributed by atoms with van der Waals surface area (Å²) in [6, 6.07) is 17.3. The van der Waals surface area contributed by atoms with Crippen molar-refractivity contribution in [2.75, 3.05) is 4.72 Å². The predicted octanol–water partition coefficient (Wildman–Crippen LogP) is 6.91. The van der Waals surface area contributed by atoms with Crippen molar-refractivity contribution in [2.45, 2.75) is 23.1 Å². The maximum atomic E-state index is 14.1. The highest BCUT2D eigenvalue weighted by Crippen LogP contribution is 2.49. The fourth-order valence-corrected chi connectivity index (χ4v) is 5.26. The molecule has 0 fully saturated rings. The van der Waals surface area contributed by atoms with Crippen LogP contribution in [0.2, 0.25) is 10.0 Å². The Balaban J connectivity index is 1.60. The molecule has 3 aromatic carbocycles. The third-order valence-electron chi connectivity index (χ3n) is 5.47. The van der Waals surface area contributed by atoms with E-state index in [1.54, 1.807) is 18.2 Å². The third kappa shape index (κ3) is 5.59. The average molecular weight is 566 g/mol. The molecule has 1 atom stereocenters. The van der Waals surface area contributed by atoms with E-state index in [1.807, 2.05) is 6.07 Å². The number of hydrogen-bond donors (Lipinski definition) is 1. The Bertz CT molecular complexity index is 1530. The third-order valence-corrected chi connectivity index (χ3v) is 7.28. The zero-order chi connectivity index (χ0) is 26.8. The van der Waals surface area contributed by atoms with Crippen LogP contribution in [0.5, 0.6) is 0 Å². The lowest BCUT2D eigenvalue weighted by Crippen LogP contribution is -2.42. The van der Waals surface area contributed by atoms with Gasteiger partial charge in [-0.2, -0.15) is 18.4 Å². The largest absolute Gasteiger partial charge is 0.435 e. The lowest BCUT2D eigenvalue weighted by Gasteiger charge is -2.29. The summed E-state index contributed by atoms with van der Waals surface area (Å²) in [5.74, 6) is 0. The van der Waals surface area contributed by atoms with Gasteiger partial charge in [-0.3, -0.25) is 4.72 Å². The molecule has 0 radical (unpaired) electrons. The second-order valence-corrected chi connectivity index (χ2v) is 10.6. The predicted molar refractivity (Wildman–Crippen MR) is 135 cm³/mol. The molecule has 1 unspecified atom stereocenters. The van der Waals surface area contributed by atoms with Gasteiger partial charge in [0, 0.05) is 22.0 Å². The number of nitrogens with one attached hydrogen (secondary N) is 1. The molecule has 37 heavy (non-hydrogen) atoms. The molecule has 0 bridgehead atoms. The van der Waals surface area contributed by atoms with Gasteiger partial charge in [0.1, 0.15) is 6.07 Å². The Hall–Kier alpha value is -3.52. The van der Waals surface area contributed by atoms with Crippen LogP contribution < -0.4 is 4.72 Å². The maximum Gasteiger partial charge on any atom is 0.435 e. The molecule has 0 saturated heterocycles. The van der Waals surface area contributed by atoms with Crippen LogP contribution in [0.1, 0.15) is 23.1 Å². The number of nitriles is 1. The van der Waals surface area contributed by atoms with E-state index < -0.39 is 28.2 Å². The van der Waals surface area contributed by atoms with Gasteiger partial charge < -0.3 is 4.84 Å². The van der Waals surface area contributed by atoms with Crippen LogP contribution in [0.4, 0.5) is 18.9 Å². The topological polar surface area (TPSA) is 91.5 Å². The smallest absolute Gasteiger partial charge is 0.374 e. The van der Waals surface area contributed by atoms with Crippen LogP contribution >= 0.6 is 23.2 Å². The summed E-state index contributed by atoms with van der Waals surface area (Å²) >= 11 is 11.8. The van der Waals surface area contributed by atoms with Gasteiger partial charge in [-0.1, -0.05) is 58.7 Å². The van der Waals surface area contributed by atoms with Crippen molar-refractivity contribution in [1.29, 1.82) is 5.26 Å². The summed E-state index contributed by atoms with van der Waals surface area (Å²) in [6.07, 6.45) is -2.73. The molecular weight excluding hydrogens is 550 g/mol. The van der Waals surface area contributed by atoms with Crippen molar-refractivity contribution >= 4 is 50.7 Å². The Morgan fingerprint density at radius 1 is 1.03 bits per heavy atom. The van der Waals surface area contributed by atoms with Crippen molar-refractivity contribution < 1.29 is 26.4 Å². The van der Waals surface area contributed by atoms with Gasteiger partial charge >= 0.3 is 6.18 Å². The molecule has 0 aromatic heterocycles. The fourth-order valence-electron chi connectivity index (χ4n) is 3.65. The first-order valence-electron chi connectivity index (χ1n) is 10.5. The lowest BCUT2D eigenvalue weighted by molar-refractivity contribution is -0.275. The van der Waals surface area contributed by atoms with Gasteiger partial charge in [-0.15, -0.1) is 0 Å². The van der Waals surface area contributed by atoms with Crippen molar-refractivity contribution in [3.8, 4) is 6.07 Å². The highest BCUT2D eigenvalue weighted by atomic mass is 35.5. The van der Waals surface area contributed by atoms with E-state index in [1.165, 1.54) is 48.6 Å². The van der Waals surface area contributed by atoms with Gasteiger partial charge in [0.15, 0.2) is 0 Å². The van der Waals surface area contributed by atoms with Crippen LogP contribution in [0.15, 0.2) is 82.9 Å². The van der Waals surface area contributed by atoms with Crippen molar-refractivity contribution in [3.63, 3.8) is 0 Å². The number of alkyl halides is 3. The number of halogens is 5. The van der Waals surface area contributed by atoms with Gasteiger partial charge in [0.2, 0.25) is 0 Å². The molecular formula is C25H16Cl2F3N3O3S. The van der Waals surface area contributed by atoms with E-state index in [2.05, 4.69) is 9.88 Å². The number of hydrogen-bond acceptors (Lipinski definition) is 5. The quantitative estimate of drug-likeness (QED) is 0.351. The van der Waals surface area contributed by atoms with Crippen LogP contribution in [0.3, 0.4) is 0 Å². The summed E-state index contributed by atoms with van der Waals surface area (Å²) in [5.41, 5.74) is -2.61. The molecule has 4 rings (SSSR count). The molecule has 1 aliphatic rings. The Labute approximate surface area is 220 Å². The number of sulfonamides is 1. The van der Waals surface area contributed by atoms with Crippen LogP contribution in [0, 0.1) is 11.3 Å². The average Bonchev–Trinajstić information content (AvgIpc) is 3.29. The van der Waals surface area contributed by atoms with Crippen LogP contribution in [-0.4, -0.2) is 20.3 Å². The number of benzene rings is 3. The van der Waals surface area contributed by atoms with E-state index in [-0.39, 0.29) is 37.5 Å². The number of oxime groups is 1. The molecule has 0 spiro atoms. The molecule has 3 aromatic rings. The van der Waals surface area contributed by atoms with E-state index in [0.29, 0.717) is 5.56 Å². The summed E-state index contributed by atoms with van der Waals surface area (Å²) < 4.78 is 70.2. The standard InChI is InChI=1S/C25H16Cl2F3N3O3S/c26-19-11-18(12-20(27)13-19)24(25(28,29)30)14-21(32-36-24)9-7-16-6-8-17(15-31)23(10-16)33-37(34,35)22-4-2-1-3-5-22/h1-13,33H,14H2/b9-7+. The lowest BCUT2D eigenvalue weighted by atomic mass is 9.88. The van der Waals surface area contributed by atoms with Crippen LogP contribution in [0.25, 0.3) is 6.08 Å². The fraction of sp³-hybridized carbons (Fsp3) is 0.120. The van der Waals surface area contributed by atoms with E-state index >= 15 is 0 Å². The minimum Gasteiger partial charge on any atom is -0.374 e. The molecule has 0 aliphatic carbocycles. The first-order valence-corrected chi connectivity index (χ1v) is 12.8. The van der Waals surface area contributed by atoms with Gasteiger partial charge in [-0.25, -0.2) is 8.42 Å². The van der Waals surface area contributed by atoms with Gasteiger partial charge in [0.05, 0.1) is 21.9 Å². The molecule has 0 amide bonds. The Kier molecular flexibility index (Phi) is 7.24. The van der Waals surface area contributed by atoms with Crippen LogP contribution in [-0.2, 0) is 20.5 Å². The molecule has 0 saturated carbocycles. The van der Waals surface area contributed by atoms with E-state index in [0.717, 1.165) is 12.1 Å². The zero-order valence-electron chi connectivity index (χ0n) is 18.6. The molecule has 1 aliphatic heterocycles. The SMILES string of the molecule is N#Cc1ccc(/C=C/C2=NOC(c3cc(Cl)cc(Cl)c3)(C(F)(F)F)C2)cc1NS(=O)(=O)c1ccccc1. The number of rotatable bonds is 6. The minimum atomic E-state index is -4.84. The second kappa shape index (κ2) is 10.1. The highest BCUT2D eigenvalue weighted by Gasteiger charge is 2.62. The highest BCUT2D eigenvalue weighted by molar-refractivity contribution is 7.92. The second-order valence-electron chi connectivity index (χ2n) is 8.00. The van der Waals surface area contributed by atoms with Crippen molar-refractivity contribution in [3.05, 3.63) is 99.5 Å². The van der Waals surface area contributed by atoms with E-state index in [9.17, 15) is 26.9 Å². The van der Waals surface area contributed by atoms with Gasteiger partial charge in [-0.05, 0) is 54.1 Å². The first-order chi connectivity index (χ1) is 17.4. The summed E-state index contributed by atoms with van der Waals surface area (Å²) in [6.45, 7) is 0. The maximum absolute atomic E-state index is 14.1. The number of allylic oxidation sites excluding steroid dienone is 1. The number of nitrogens with zero attached hydrogens (tertiary/aromatic N) is 2. The number of anilines is 1. The molecule has 190 valence electrons. The Morgan fingerprint density at radius 2 is 1.70 bits per heavy atom. The zero-order valence-corrected chi connectivity index (χ0v) is 21.0. The summed E-state index contributed by atoms with van der Waals surface area (Å²) in [7, 11) is -3.98. The molecule has 6 nitrogen and oxygen atoms in total. The summed E-state index contributed by atoms with van der Waals surface area (Å²) in [4.78, 5) is 4.94. The van der Waals surface area contributed by atoms with Gasteiger partial charge in [0.25, 0.3) is 15.6 Å².